The quantitative estimate of drug-likeness (QED) is 0.931. The molecule has 0 aromatic heterocycles. The summed E-state index contributed by atoms with van der Waals surface area (Å²) in [6, 6.07) is 17.9. The van der Waals surface area contributed by atoms with Crippen LogP contribution in [0, 0.1) is 5.92 Å². The van der Waals surface area contributed by atoms with Gasteiger partial charge < -0.3 is 10.2 Å². The van der Waals surface area contributed by atoms with Crippen LogP contribution in [0.5, 0.6) is 0 Å². The molecule has 3 nitrogen and oxygen atoms in total. The molecule has 0 aliphatic carbocycles. The van der Waals surface area contributed by atoms with Crippen LogP contribution in [0.25, 0.3) is 0 Å². The predicted octanol–water partition coefficient (Wildman–Crippen LogP) is 3.63. The lowest BCUT2D eigenvalue weighted by molar-refractivity contribution is -0.123. The number of nitrogens with one attached hydrogen (secondary N) is 1. The zero-order valence-corrected chi connectivity index (χ0v) is 12.6. The first kappa shape index (κ1) is 13.7. The number of benzene rings is 2. The summed E-state index contributed by atoms with van der Waals surface area (Å²) < 4.78 is 0. The third-order valence-electron chi connectivity index (χ3n) is 4.31. The number of hydrogen-bond donors (Lipinski definition) is 1. The van der Waals surface area contributed by atoms with Gasteiger partial charge in [0.25, 0.3) is 5.91 Å². The van der Waals surface area contributed by atoms with Crippen molar-refractivity contribution in [1.82, 2.24) is 0 Å². The number of carbonyl (C=O) groups is 1. The van der Waals surface area contributed by atoms with Crippen LogP contribution in [0.4, 0.5) is 11.4 Å². The lowest BCUT2D eigenvalue weighted by Gasteiger charge is -2.34. The molecule has 2 aromatic rings. The van der Waals surface area contributed by atoms with E-state index in [1.54, 1.807) is 4.90 Å². The number of carbonyl (C=O) groups excluding carboxylic acids is 1. The maximum Gasteiger partial charge on any atom is 0.257 e. The number of likely N-dealkylation sites (N-methyl/N-ethyl adjacent to an activating group) is 1. The molecule has 1 unspecified atom stereocenters. The Hall–Kier alpha value is -2.29. The van der Waals surface area contributed by atoms with E-state index in [0.29, 0.717) is 0 Å². The summed E-state index contributed by atoms with van der Waals surface area (Å²) in [5.74, 6) is 0.235. The van der Waals surface area contributed by atoms with E-state index in [-0.39, 0.29) is 11.8 Å². The SMILES string of the molecule is CC(C)C1(Nc2ccccc2)C(=O)N(C)c2ccccc21. The molecular weight excluding hydrogens is 260 g/mol. The summed E-state index contributed by atoms with van der Waals surface area (Å²) in [5, 5.41) is 3.50. The van der Waals surface area contributed by atoms with Gasteiger partial charge in [-0.15, -0.1) is 0 Å². The lowest BCUT2D eigenvalue weighted by Crippen LogP contribution is -2.49. The standard InChI is InChI=1S/C18H20N2O/c1-13(2)18(19-14-9-5-4-6-10-14)15-11-7-8-12-16(15)20(3)17(18)21/h4-13,19H,1-3H3. The Balaban J connectivity index is 2.16. The van der Waals surface area contributed by atoms with Crippen molar-refractivity contribution >= 4 is 17.3 Å². The smallest absolute Gasteiger partial charge is 0.257 e. The molecule has 1 atom stereocenters. The predicted molar refractivity (Wildman–Crippen MR) is 86.4 cm³/mol. The number of hydrogen-bond acceptors (Lipinski definition) is 2. The number of para-hydroxylation sites is 2. The molecule has 0 saturated carbocycles. The molecule has 108 valence electrons. The first-order valence-electron chi connectivity index (χ1n) is 7.28. The zero-order valence-electron chi connectivity index (χ0n) is 12.6. The molecule has 1 N–H and O–H groups in total. The van der Waals surface area contributed by atoms with Gasteiger partial charge in [-0.25, -0.2) is 0 Å². The van der Waals surface area contributed by atoms with Crippen LogP contribution >= 0.6 is 0 Å². The molecular formula is C18H20N2O. The van der Waals surface area contributed by atoms with Crippen LogP contribution in [0.1, 0.15) is 19.4 Å². The maximum atomic E-state index is 13.0. The fourth-order valence-electron chi connectivity index (χ4n) is 3.16. The summed E-state index contributed by atoms with van der Waals surface area (Å²) in [4.78, 5) is 14.7. The first-order chi connectivity index (χ1) is 10.1. The van der Waals surface area contributed by atoms with Crippen LogP contribution in [0.2, 0.25) is 0 Å². The van der Waals surface area contributed by atoms with E-state index in [0.717, 1.165) is 16.9 Å². The Kier molecular flexibility index (Phi) is 3.20. The highest BCUT2D eigenvalue weighted by atomic mass is 16.2. The molecule has 0 spiro atoms. The fourth-order valence-corrected chi connectivity index (χ4v) is 3.16. The molecule has 0 radical (unpaired) electrons. The molecule has 3 rings (SSSR count). The molecule has 2 aromatic carbocycles. The van der Waals surface area contributed by atoms with Crippen LogP contribution < -0.4 is 10.2 Å². The van der Waals surface area contributed by atoms with Gasteiger partial charge in [0.15, 0.2) is 0 Å². The van der Waals surface area contributed by atoms with E-state index in [2.05, 4.69) is 19.2 Å². The average Bonchev–Trinajstić information content (AvgIpc) is 2.72. The Morgan fingerprint density at radius 1 is 1.00 bits per heavy atom. The van der Waals surface area contributed by atoms with Gasteiger partial charge in [-0.05, 0) is 24.1 Å². The second-order valence-corrected chi connectivity index (χ2v) is 5.84. The van der Waals surface area contributed by atoms with Gasteiger partial charge in [0.1, 0.15) is 5.54 Å². The summed E-state index contributed by atoms with van der Waals surface area (Å²) in [5.41, 5.74) is 2.30. The summed E-state index contributed by atoms with van der Waals surface area (Å²) >= 11 is 0. The van der Waals surface area contributed by atoms with E-state index in [9.17, 15) is 4.79 Å². The molecule has 3 heteroatoms. The van der Waals surface area contributed by atoms with Crippen LogP contribution in [-0.2, 0) is 10.3 Å². The van der Waals surface area contributed by atoms with Gasteiger partial charge in [-0.2, -0.15) is 0 Å². The Morgan fingerprint density at radius 2 is 1.62 bits per heavy atom. The molecule has 1 aliphatic rings. The Morgan fingerprint density at radius 3 is 2.29 bits per heavy atom. The van der Waals surface area contributed by atoms with E-state index in [1.165, 1.54) is 0 Å². The van der Waals surface area contributed by atoms with Crippen molar-refractivity contribution in [3.63, 3.8) is 0 Å². The fraction of sp³-hybridized carbons (Fsp3) is 0.278. The Bertz CT molecular complexity index is 666. The largest absolute Gasteiger partial charge is 0.367 e. The van der Waals surface area contributed by atoms with Crippen LogP contribution in [0.3, 0.4) is 0 Å². The van der Waals surface area contributed by atoms with Gasteiger partial charge in [-0.3, -0.25) is 4.79 Å². The van der Waals surface area contributed by atoms with Crippen molar-refractivity contribution in [2.75, 3.05) is 17.3 Å². The highest BCUT2D eigenvalue weighted by Crippen LogP contribution is 2.45. The van der Waals surface area contributed by atoms with Crippen molar-refractivity contribution in [3.05, 3.63) is 60.2 Å². The third kappa shape index (κ3) is 1.92. The van der Waals surface area contributed by atoms with Crippen LogP contribution in [0.15, 0.2) is 54.6 Å². The van der Waals surface area contributed by atoms with Crippen molar-refractivity contribution in [2.45, 2.75) is 19.4 Å². The van der Waals surface area contributed by atoms with Crippen molar-refractivity contribution in [2.24, 2.45) is 5.92 Å². The minimum absolute atomic E-state index is 0.0996. The van der Waals surface area contributed by atoms with E-state index < -0.39 is 5.54 Å². The topological polar surface area (TPSA) is 32.3 Å². The highest BCUT2D eigenvalue weighted by molar-refractivity contribution is 6.09. The molecule has 21 heavy (non-hydrogen) atoms. The second kappa shape index (κ2) is 4.92. The second-order valence-electron chi connectivity index (χ2n) is 5.84. The highest BCUT2D eigenvalue weighted by Gasteiger charge is 2.51. The average molecular weight is 280 g/mol. The molecule has 0 bridgehead atoms. The van der Waals surface area contributed by atoms with E-state index in [1.807, 2.05) is 61.6 Å². The van der Waals surface area contributed by atoms with Gasteiger partial charge in [0.05, 0.1) is 0 Å². The summed E-state index contributed by atoms with van der Waals surface area (Å²) in [6.07, 6.45) is 0. The number of amides is 1. The normalized spacial score (nSPS) is 20.8. The number of nitrogens with zero attached hydrogens (tertiary/aromatic N) is 1. The van der Waals surface area contributed by atoms with Crippen molar-refractivity contribution in [1.29, 1.82) is 0 Å². The Labute approximate surface area is 125 Å². The molecule has 1 heterocycles. The lowest BCUT2D eigenvalue weighted by atomic mass is 9.80. The third-order valence-corrected chi connectivity index (χ3v) is 4.31. The van der Waals surface area contributed by atoms with Crippen LogP contribution in [-0.4, -0.2) is 13.0 Å². The van der Waals surface area contributed by atoms with Gasteiger partial charge >= 0.3 is 0 Å². The van der Waals surface area contributed by atoms with E-state index in [4.69, 9.17) is 0 Å². The maximum absolute atomic E-state index is 13.0. The molecule has 0 saturated heterocycles. The summed E-state index contributed by atoms with van der Waals surface area (Å²) in [7, 11) is 1.85. The number of anilines is 2. The van der Waals surface area contributed by atoms with E-state index >= 15 is 0 Å². The number of fused-ring (bicyclic) bond motifs is 1. The molecule has 1 aliphatic heterocycles. The molecule has 1 amide bonds. The molecule has 0 fully saturated rings. The van der Waals surface area contributed by atoms with Crippen molar-refractivity contribution < 1.29 is 4.79 Å². The van der Waals surface area contributed by atoms with Crippen molar-refractivity contribution in [3.8, 4) is 0 Å². The van der Waals surface area contributed by atoms with Gasteiger partial charge in [-0.1, -0.05) is 50.2 Å². The zero-order chi connectivity index (χ0) is 15.0. The summed E-state index contributed by atoms with van der Waals surface area (Å²) in [6.45, 7) is 4.17. The minimum Gasteiger partial charge on any atom is -0.367 e. The number of rotatable bonds is 3. The van der Waals surface area contributed by atoms with Gasteiger partial charge in [0, 0.05) is 24.0 Å². The first-order valence-corrected chi connectivity index (χ1v) is 7.28. The monoisotopic (exact) mass is 280 g/mol. The van der Waals surface area contributed by atoms with Gasteiger partial charge in [0.2, 0.25) is 0 Å². The minimum atomic E-state index is -0.702.